The lowest BCUT2D eigenvalue weighted by Gasteiger charge is -2.15. The Balaban J connectivity index is 2.49. The summed E-state index contributed by atoms with van der Waals surface area (Å²) < 4.78 is 10.6. The van der Waals surface area contributed by atoms with E-state index >= 15 is 0 Å². The molecular weight excluding hydrogens is 290 g/mol. The van der Waals surface area contributed by atoms with Crippen molar-refractivity contribution in [1.29, 1.82) is 0 Å². The van der Waals surface area contributed by atoms with Crippen LogP contribution in [0.5, 0.6) is 11.5 Å². The van der Waals surface area contributed by atoms with Gasteiger partial charge in [-0.15, -0.1) is 11.3 Å². The number of aliphatic carboxylic acids is 1. The highest BCUT2D eigenvalue weighted by Crippen LogP contribution is 2.37. The summed E-state index contributed by atoms with van der Waals surface area (Å²) in [4.78, 5) is 15.8. The molecule has 1 N–H and O–H groups in total. The fourth-order valence-electron chi connectivity index (χ4n) is 1.78. The number of rotatable bonds is 5. The third-order valence-electron chi connectivity index (χ3n) is 3.32. The van der Waals surface area contributed by atoms with E-state index in [0.29, 0.717) is 22.2 Å². The second-order valence-electron chi connectivity index (χ2n) is 5.03. The molecule has 2 rings (SSSR count). The van der Waals surface area contributed by atoms with E-state index in [1.165, 1.54) is 11.3 Å². The highest BCUT2D eigenvalue weighted by atomic mass is 32.1. The fraction of sp³-hybridized carbons (Fsp3) is 0.333. The summed E-state index contributed by atoms with van der Waals surface area (Å²) in [6, 6.07) is 5.44. The van der Waals surface area contributed by atoms with Crippen LogP contribution in [0.2, 0.25) is 0 Å². The van der Waals surface area contributed by atoms with Crippen molar-refractivity contribution in [2.45, 2.75) is 19.3 Å². The minimum Gasteiger partial charge on any atom is -0.497 e. The van der Waals surface area contributed by atoms with E-state index in [1.807, 2.05) is 6.07 Å². The SMILES string of the molecule is COc1ccc(OC)c(-c2nc(C(C)(C)C(=O)O)cs2)c1. The van der Waals surface area contributed by atoms with Gasteiger partial charge in [-0.05, 0) is 32.0 Å². The Bertz CT molecular complexity index is 663. The van der Waals surface area contributed by atoms with Crippen LogP contribution in [-0.4, -0.2) is 30.3 Å². The van der Waals surface area contributed by atoms with Crippen molar-refractivity contribution in [2.24, 2.45) is 0 Å². The number of ether oxygens (including phenoxy) is 2. The molecule has 0 radical (unpaired) electrons. The van der Waals surface area contributed by atoms with Crippen LogP contribution in [0, 0.1) is 0 Å². The number of benzene rings is 1. The molecule has 0 aliphatic rings. The van der Waals surface area contributed by atoms with Crippen LogP contribution >= 0.6 is 11.3 Å². The molecule has 21 heavy (non-hydrogen) atoms. The van der Waals surface area contributed by atoms with Gasteiger partial charge in [0.25, 0.3) is 0 Å². The molecule has 0 atom stereocenters. The van der Waals surface area contributed by atoms with E-state index in [0.717, 1.165) is 5.56 Å². The second kappa shape index (κ2) is 5.73. The summed E-state index contributed by atoms with van der Waals surface area (Å²) in [5, 5.41) is 11.7. The number of carbonyl (C=O) groups is 1. The van der Waals surface area contributed by atoms with Crippen molar-refractivity contribution >= 4 is 17.3 Å². The smallest absolute Gasteiger partial charge is 0.315 e. The van der Waals surface area contributed by atoms with Crippen molar-refractivity contribution in [3.63, 3.8) is 0 Å². The summed E-state index contributed by atoms with van der Waals surface area (Å²) >= 11 is 1.39. The van der Waals surface area contributed by atoms with Crippen LogP contribution in [0.15, 0.2) is 23.6 Å². The molecule has 0 bridgehead atoms. The van der Waals surface area contributed by atoms with Crippen molar-refractivity contribution in [2.75, 3.05) is 14.2 Å². The van der Waals surface area contributed by atoms with Crippen molar-refractivity contribution in [3.05, 3.63) is 29.3 Å². The maximum atomic E-state index is 11.3. The molecule has 6 heteroatoms. The lowest BCUT2D eigenvalue weighted by atomic mass is 9.90. The molecule has 1 heterocycles. The monoisotopic (exact) mass is 307 g/mol. The van der Waals surface area contributed by atoms with Gasteiger partial charge in [0.15, 0.2) is 0 Å². The normalized spacial score (nSPS) is 11.2. The first-order valence-electron chi connectivity index (χ1n) is 6.32. The average molecular weight is 307 g/mol. The summed E-state index contributed by atoms with van der Waals surface area (Å²) in [7, 11) is 3.17. The van der Waals surface area contributed by atoms with Crippen LogP contribution in [0.1, 0.15) is 19.5 Å². The Morgan fingerprint density at radius 3 is 2.57 bits per heavy atom. The Kier molecular flexibility index (Phi) is 4.18. The van der Waals surface area contributed by atoms with E-state index in [4.69, 9.17) is 9.47 Å². The Hall–Kier alpha value is -2.08. The zero-order valence-corrected chi connectivity index (χ0v) is 13.2. The molecule has 0 saturated heterocycles. The van der Waals surface area contributed by atoms with Gasteiger partial charge in [-0.2, -0.15) is 0 Å². The molecule has 0 unspecified atom stereocenters. The zero-order valence-electron chi connectivity index (χ0n) is 12.3. The molecule has 1 aromatic carbocycles. The van der Waals surface area contributed by atoms with Gasteiger partial charge in [-0.3, -0.25) is 4.79 Å². The van der Waals surface area contributed by atoms with E-state index in [9.17, 15) is 9.90 Å². The number of carboxylic acids is 1. The van der Waals surface area contributed by atoms with Crippen LogP contribution in [0.25, 0.3) is 10.6 Å². The van der Waals surface area contributed by atoms with Crippen LogP contribution < -0.4 is 9.47 Å². The van der Waals surface area contributed by atoms with E-state index in [2.05, 4.69) is 4.98 Å². The lowest BCUT2D eigenvalue weighted by molar-refractivity contribution is -0.142. The molecular formula is C15H17NO4S. The predicted molar refractivity (Wildman–Crippen MR) is 81.3 cm³/mol. The Labute approximate surface area is 127 Å². The first kappa shape index (κ1) is 15.3. The quantitative estimate of drug-likeness (QED) is 0.918. The number of hydrogen-bond donors (Lipinski definition) is 1. The van der Waals surface area contributed by atoms with Gasteiger partial charge in [-0.25, -0.2) is 4.98 Å². The van der Waals surface area contributed by atoms with Gasteiger partial charge in [-0.1, -0.05) is 0 Å². The third-order valence-corrected chi connectivity index (χ3v) is 4.19. The largest absolute Gasteiger partial charge is 0.497 e. The molecule has 1 aromatic heterocycles. The minimum atomic E-state index is -1.03. The topological polar surface area (TPSA) is 68.7 Å². The fourth-order valence-corrected chi connectivity index (χ4v) is 2.78. The minimum absolute atomic E-state index is 0.528. The number of nitrogens with zero attached hydrogens (tertiary/aromatic N) is 1. The zero-order chi connectivity index (χ0) is 15.6. The lowest BCUT2D eigenvalue weighted by Crippen LogP contribution is -2.28. The van der Waals surface area contributed by atoms with Crippen molar-refractivity contribution in [1.82, 2.24) is 4.98 Å². The number of hydrogen-bond acceptors (Lipinski definition) is 5. The van der Waals surface area contributed by atoms with Gasteiger partial charge >= 0.3 is 5.97 Å². The van der Waals surface area contributed by atoms with E-state index < -0.39 is 11.4 Å². The van der Waals surface area contributed by atoms with Crippen molar-refractivity contribution in [3.8, 4) is 22.1 Å². The molecule has 0 aliphatic heterocycles. The predicted octanol–water partition coefficient (Wildman–Crippen LogP) is 3.19. The highest BCUT2D eigenvalue weighted by Gasteiger charge is 2.32. The Morgan fingerprint density at radius 1 is 1.29 bits per heavy atom. The van der Waals surface area contributed by atoms with Gasteiger partial charge in [0.2, 0.25) is 0 Å². The van der Waals surface area contributed by atoms with Gasteiger partial charge in [0, 0.05) is 5.38 Å². The second-order valence-corrected chi connectivity index (χ2v) is 5.89. The molecule has 112 valence electrons. The number of carboxylic acid groups (broad SMARTS) is 1. The summed E-state index contributed by atoms with van der Waals surface area (Å²) in [5.41, 5.74) is 0.287. The van der Waals surface area contributed by atoms with Crippen molar-refractivity contribution < 1.29 is 19.4 Å². The number of thiazole rings is 1. The maximum Gasteiger partial charge on any atom is 0.315 e. The number of methoxy groups -OCH3 is 2. The number of aromatic nitrogens is 1. The summed E-state index contributed by atoms with van der Waals surface area (Å²) in [6.45, 7) is 3.27. The summed E-state index contributed by atoms with van der Waals surface area (Å²) in [6.07, 6.45) is 0. The van der Waals surface area contributed by atoms with Gasteiger partial charge < -0.3 is 14.6 Å². The molecule has 0 spiro atoms. The van der Waals surface area contributed by atoms with Crippen LogP contribution in [0.3, 0.4) is 0 Å². The van der Waals surface area contributed by atoms with E-state index in [-0.39, 0.29) is 0 Å². The first-order valence-corrected chi connectivity index (χ1v) is 7.20. The van der Waals surface area contributed by atoms with Gasteiger partial charge in [0.1, 0.15) is 21.9 Å². The highest BCUT2D eigenvalue weighted by molar-refractivity contribution is 7.13. The molecule has 5 nitrogen and oxygen atoms in total. The van der Waals surface area contributed by atoms with Crippen LogP contribution in [0.4, 0.5) is 0 Å². The van der Waals surface area contributed by atoms with E-state index in [1.54, 1.807) is 45.6 Å². The Morgan fingerprint density at radius 2 is 2.00 bits per heavy atom. The van der Waals surface area contributed by atoms with Crippen LogP contribution in [-0.2, 0) is 10.2 Å². The average Bonchev–Trinajstić information content (AvgIpc) is 2.96. The molecule has 0 aliphatic carbocycles. The molecule has 0 amide bonds. The standard InChI is InChI=1S/C15H17NO4S/c1-15(2,14(17)18)12-8-21-13(16-12)10-7-9(19-3)5-6-11(10)20-4/h5-8H,1-4H3,(H,17,18). The maximum absolute atomic E-state index is 11.3. The molecule has 0 saturated carbocycles. The third kappa shape index (κ3) is 2.85. The van der Waals surface area contributed by atoms with Gasteiger partial charge in [0.05, 0.1) is 25.5 Å². The summed E-state index contributed by atoms with van der Waals surface area (Å²) in [5.74, 6) is 0.460. The molecule has 2 aromatic rings. The first-order chi connectivity index (χ1) is 9.90. The molecule has 0 fully saturated rings.